The van der Waals surface area contributed by atoms with Gasteiger partial charge in [-0.1, -0.05) is 30.3 Å². The minimum absolute atomic E-state index is 0.0255. The fraction of sp³-hybridized carbons (Fsp3) is 0.250. The number of carbonyl (C=O) groups is 2. The number of piperidine rings is 1. The van der Waals surface area contributed by atoms with Crippen LogP contribution in [0.5, 0.6) is 11.5 Å². The molecule has 4 aromatic rings. The van der Waals surface area contributed by atoms with Crippen LogP contribution in [0.2, 0.25) is 0 Å². The molecule has 0 aliphatic carbocycles. The predicted octanol–water partition coefficient (Wildman–Crippen LogP) is 5.63. The van der Waals surface area contributed by atoms with Gasteiger partial charge in [-0.15, -0.1) is 0 Å². The monoisotopic (exact) mass is 652 g/mol. The molecule has 1 heterocycles. The second-order valence-corrected chi connectivity index (χ2v) is 12.9. The maximum atomic E-state index is 13.7. The lowest BCUT2D eigenvalue weighted by molar-refractivity contribution is 0.0712. The highest BCUT2D eigenvalue weighted by atomic mass is 32.2. The molecular weight excluding hydrogens is 616 g/mol. The van der Waals surface area contributed by atoms with Gasteiger partial charge in [0, 0.05) is 36.8 Å². The van der Waals surface area contributed by atoms with E-state index in [1.807, 2.05) is 24.3 Å². The largest absolute Gasteiger partial charge is 0.497 e. The first-order valence-electron chi connectivity index (χ1n) is 15.1. The van der Waals surface area contributed by atoms with Crippen molar-refractivity contribution in [2.45, 2.75) is 37.1 Å². The Labute approximate surface area is 275 Å². The fourth-order valence-corrected chi connectivity index (χ4v) is 6.98. The maximum absolute atomic E-state index is 13.7. The van der Waals surface area contributed by atoms with Crippen LogP contribution in [-0.2, 0) is 16.6 Å². The summed E-state index contributed by atoms with van der Waals surface area (Å²) in [4.78, 5) is 28.3. The molecule has 0 aromatic heterocycles. The van der Waals surface area contributed by atoms with Gasteiger partial charge in [0.25, 0.3) is 21.8 Å². The molecular formula is C36H36N4O6S. The molecule has 1 aliphatic heterocycles. The van der Waals surface area contributed by atoms with Gasteiger partial charge < -0.3 is 19.7 Å². The van der Waals surface area contributed by atoms with E-state index in [2.05, 4.69) is 16.1 Å². The van der Waals surface area contributed by atoms with Crippen LogP contribution in [0.15, 0.2) is 89.8 Å². The summed E-state index contributed by atoms with van der Waals surface area (Å²) in [5.74, 6) is 0.659. The summed E-state index contributed by atoms with van der Waals surface area (Å²) < 4.78 is 40.6. The maximum Gasteiger partial charge on any atom is 0.262 e. The highest BCUT2D eigenvalue weighted by Crippen LogP contribution is 2.30. The van der Waals surface area contributed by atoms with Crippen LogP contribution >= 0.6 is 0 Å². The van der Waals surface area contributed by atoms with Crippen molar-refractivity contribution in [2.24, 2.45) is 0 Å². The van der Waals surface area contributed by atoms with Gasteiger partial charge in [0.1, 0.15) is 16.4 Å². The second-order valence-electron chi connectivity index (χ2n) is 11.3. The Balaban J connectivity index is 1.28. The average molecular weight is 653 g/mol. The summed E-state index contributed by atoms with van der Waals surface area (Å²) in [5, 5.41) is 11.8. The van der Waals surface area contributed by atoms with E-state index in [9.17, 15) is 18.0 Å². The third-order valence-electron chi connectivity index (χ3n) is 8.38. The summed E-state index contributed by atoms with van der Waals surface area (Å²) in [5.41, 5.74) is 3.67. The van der Waals surface area contributed by atoms with Gasteiger partial charge in [-0.05, 0) is 85.3 Å². The quantitative estimate of drug-likeness (QED) is 0.226. The van der Waals surface area contributed by atoms with Crippen LogP contribution in [0.1, 0.15) is 61.7 Å². The van der Waals surface area contributed by atoms with Crippen molar-refractivity contribution in [1.29, 1.82) is 5.26 Å². The van der Waals surface area contributed by atoms with E-state index in [1.54, 1.807) is 67.5 Å². The van der Waals surface area contributed by atoms with Crippen LogP contribution in [0, 0.1) is 18.3 Å². The molecule has 47 heavy (non-hydrogen) atoms. The van der Waals surface area contributed by atoms with Crippen molar-refractivity contribution in [3.63, 3.8) is 0 Å². The Kier molecular flexibility index (Phi) is 10.1. The third kappa shape index (κ3) is 7.56. The number of methoxy groups -OCH3 is 2. The van der Waals surface area contributed by atoms with Gasteiger partial charge in [-0.2, -0.15) is 5.26 Å². The number of ether oxygens (including phenoxy) is 2. The summed E-state index contributed by atoms with van der Waals surface area (Å²) in [6.45, 7) is 2.96. The standard InChI is InChI=1S/C36H36N4O6S/c1-24-8-11-28(36(42)40-18-16-27(17-19-40)26-12-9-25(22-37)10-13-26)20-32(24)39-47(43,44)34-7-5-4-6-31(34)35(41)38-23-29-14-15-30(45-2)21-33(29)46-3/h4-15,20-21,27,39H,16-19,23H2,1-3H3,(H,38,41). The number of hydrogen-bond acceptors (Lipinski definition) is 7. The third-order valence-corrected chi connectivity index (χ3v) is 9.80. The number of rotatable bonds is 10. The Morgan fingerprint density at radius 2 is 1.66 bits per heavy atom. The molecule has 0 bridgehead atoms. The lowest BCUT2D eigenvalue weighted by Crippen LogP contribution is -2.38. The van der Waals surface area contributed by atoms with Gasteiger partial charge in [0.05, 0.1) is 37.1 Å². The van der Waals surface area contributed by atoms with E-state index in [0.717, 1.165) is 18.4 Å². The lowest BCUT2D eigenvalue weighted by Gasteiger charge is -2.32. The van der Waals surface area contributed by atoms with Crippen LogP contribution in [-0.4, -0.2) is 52.4 Å². The number of likely N-dealkylation sites (tertiary alicyclic amines) is 1. The number of carbonyl (C=O) groups excluding carboxylic acids is 2. The van der Waals surface area contributed by atoms with Crippen LogP contribution in [0.4, 0.5) is 5.69 Å². The minimum atomic E-state index is -4.22. The van der Waals surface area contributed by atoms with E-state index in [4.69, 9.17) is 14.7 Å². The number of aryl methyl sites for hydroxylation is 1. The smallest absolute Gasteiger partial charge is 0.262 e. The van der Waals surface area contributed by atoms with Gasteiger partial charge in [-0.25, -0.2) is 8.42 Å². The van der Waals surface area contributed by atoms with Crippen LogP contribution < -0.4 is 19.5 Å². The molecule has 0 saturated carbocycles. The summed E-state index contributed by atoms with van der Waals surface area (Å²) in [6.07, 6.45) is 1.57. The van der Waals surface area contributed by atoms with Crippen molar-refractivity contribution >= 4 is 27.5 Å². The molecule has 0 radical (unpaired) electrons. The fourth-order valence-electron chi connectivity index (χ4n) is 5.65. The molecule has 1 saturated heterocycles. The minimum Gasteiger partial charge on any atom is -0.497 e. The molecule has 0 unspecified atom stereocenters. The van der Waals surface area contributed by atoms with Crippen LogP contribution in [0.25, 0.3) is 0 Å². The van der Waals surface area contributed by atoms with Gasteiger partial charge in [-0.3, -0.25) is 14.3 Å². The van der Waals surface area contributed by atoms with E-state index in [-0.39, 0.29) is 28.6 Å². The van der Waals surface area contributed by atoms with Crippen molar-refractivity contribution in [1.82, 2.24) is 10.2 Å². The van der Waals surface area contributed by atoms with E-state index >= 15 is 0 Å². The zero-order chi connectivity index (χ0) is 33.6. The summed E-state index contributed by atoms with van der Waals surface area (Å²) >= 11 is 0. The summed E-state index contributed by atoms with van der Waals surface area (Å²) in [7, 11) is -1.17. The van der Waals surface area contributed by atoms with Crippen molar-refractivity contribution in [2.75, 3.05) is 32.0 Å². The number of nitriles is 1. The zero-order valence-electron chi connectivity index (χ0n) is 26.4. The number of benzene rings is 4. The first-order valence-corrected chi connectivity index (χ1v) is 16.6. The Bertz CT molecular complexity index is 1930. The number of anilines is 1. The molecule has 4 aromatic carbocycles. The molecule has 1 fully saturated rings. The molecule has 2 N–H and O–H groups in total. The molecule has 1 aliphatic rings. The second kappa shape index (κ2) is 14.4. The van der Waals surface area contributed by atoms with Gasteiger partial charge >= 0.3 is 0 Å². The SMILES string of the molecule is COc1ccc(CNC(=O)c2ccccc2S(=O)(=O)Nc2cc(C(=O)N3CCC(c4ccc(C#N)cc4)CC3)ccc2C)c(OC)c1. The molecule has 0 atom stereocenters. The Morgan fingerprint density at radius 1 is 0.936 bits per heavy atom. The molecule has 2 amide bonds. The van der Waals surface area contributed by atoms with Gasteiger partial charge in [0.15, 0.2) is 0 Å². The van der Waals surface area contributed by atoms with Crippen LogP contribution in [0.3, 0.4) is 0 Å². The number of sulfonamides is 1. The first-order chi connectivity index (χ1) is 22.6. The normalized spacial score (nSPS) is 13.4. The van der Waals surface area contributed by atoms with E-state index in [1.165, 1.54) is 19.2 Å². The molecule has 5 rings (SSSR count). The molecule has 11 heteroatoms. The van der Waals surface area contributed by atoms with Crippen molar-refractivity contribution < 1.29 is 27.5 Å². The average Bonchev–Trinajstić information content (AvgIpc) is 3.11. The molecule has 0 spiro atoms. The Hall–Kier alpha value is -5.34. The van der Waals surface area contributed by atoms with E-state index < -0.39 is 15.9 Å². The Morgan fingerprint density at radius 3 is 2.34 bits per heavy atom. The highest BCUT2D eigenvalue weighted by molar-refractivity contribution is 7.92. The number of amides is 2. The highest BCUT2D eigenvalue weighted by Gasteiger charge is 2.27. The molecule has 10 nitrogen and oxygen atoms in total. The topological polar surface area (TPSA) is 138 Å². The summed E-state index contributed by atoms with van der Waals surface area (Å²) in [6, 6.07) is 25.8. The number of nitrogens with zero attached hydrogens (tertiary/aromatic N) is 2. The number of hydrogen-bond donors (Lipinski definition) is 2. The lowest BCUT2D eigenvalue weighted by atomic mass is 9.89. The van der Waals surface area contributed by atoms with Crippen molar-refractivity contribution in [3.8, 4) is 17.6 Å². The van der Waals surface area contributed by atoms with Crippen molar-refractivity contribution in [3.05, 3.63) is 118 Å². The number of nitrogens with one attached hydrogen (secondary N) is 2. The molecule has 242 valence electrons. The zero-order valence-corrected chi connectivity index (χ0v) is 27.3. The van der Waals surface area contributed by atoms with E-state index in [0.29, 0.717) is 52.8 Å². The predicted molar refractivity (Wildman–Crippen MR) is 178 cm³/mol. The van der Waals surface area contributed by atoms with Gasteiger partial charge in [0.2, 0.25) is 0 Å². The first kappa shape index (κ1) is 33.0.